The predicted molar refractivity (Wildman–Crippen MR) is 172 cm³/mol. The molecule has 43 heavy (non-hydrogen) atoms. The van der Waals surface area contributed by atoms with Gasteiger partial charge in [0.15, 0.2) is 5.60 Å². The number of anilines is 1. The molecule has 0 saturated carbocycles. The second kappa shape index (κ2) is 14.3. The van der Waals surface area contributed by atoms with E-state index in [1.807, 2.05) is 54.2 Å². The number of hydrogen-bond donors (Lipinski definition) is 2. The molecule has 2 N–H and O–H groups in total. The Bertz CT molecular complexity index is 1340. The van der Waals surface area contributed by atoms with E-state index in [0.29, 0.717) is 31.9 Å². The van der Waals surface area contributed by atoms with Crippen molar-refractivity contribution in [1.29, 1.82) is 0 Å². The first-order valence-electron chi connectivity index (χ1n) is 15.1. The Morgan fingerprint density at radius 1 is 1.07 bits per heavy atom. The number of rotatable bonds is 9. The zero-order chi connectivity index (χ0) is 29.7. The lowest BCUT2D eigenvalue weighted by Gasteiger charge is -2.38. The van der Waals surface area contributed by atoms with Crippen molar-refractivity contribution in [1.82, 2.24) is 25.3 Å². The van der Waals surface area contributed by atoms with E-state index in [4.69, 9.17) is 4.74 Å². The predicted octanol–water partition coefficient (Wildman–Crippen LogP) is 4.74. The Balaban J connectivity index is 0.00000423. The van der Waals surface area contributed by atoms with Crippen molar-refractivity contribution >= 4 is 29.9 Å². The SMILES string of the molecule is CC(C)N(Cc1ccc(-c2cn[nH]c2)cc1)C(=O)[C@H]1CCCN(c2cccc(OC(C)(C)C(=O)N3CCNCC3)c2)C1.Cl. The van der Waals surface area contributed by atoms with Gasteiger partial charge in [-0.3, -0.25) is 14.7 Å². The maximum absolute atomic E-state index is 13.9. The zero-order valence-electron chi connectivity index (χ0n) is 25.7. The quantitative estimate of drug-likeness (QED) is 0.364. The molecule has 10 heteroatoms. The van der Waals surface area contributed by atoms with Gasteiger partial charge < -0.3 is 24.8 Å². The van der Waals surface area contributed by atoms with Crippen LogP contribution in [0.1, 0.15) is 46.1 Å². The van der Waals surface area contributed by atoms with Crippen LogP contribution in [0.25, 0.3) is 11.1 Å². The molecule has 1 aromatic heterocycles. The number of hydrogen-bond acceptors (Lipinski definition) is 6. The lowest BCUT2D eigenvalue weighted by atomic mass is 9.95. The molecule has 2 aromatic carbocycles. The monoisotopic (exact) mass is 608 g/mol. The van der Waals surface area contributed by atoms with Gasteiger partial charge in [0.05, 0.1) is 12.1 Å². The summed E-state index contributed by atoms with van der Waals surface area (Å²) < 4.78 is 6.27. The van der Waals surface area contributed by atoms with Crippen LogP contribution in [-0.4, -0.2) is 82.7 Å². The summed E-state index contributed by atoms with van der Waals surface area (Å²) in [6.07, 6.45) is 5.51. The summed E-state index contributed by atoms with van der Waals surface area (Å²) in [6, 6.07) is 16.4. The maximum Gasteiger partial charge on any atom is 0.266 e. The number of nitrogens with one attached hydrogen (secondary N) is 2. The minimum atomic E-state index is -0.967. The second-order valence-corrected chi connectivity index (χ2v) is 12.2. The smallest absolute Gasteiger partial charge is 0.266 e. The summed E-state index contributed by atoms with van der Waals surface area (Å²) in [5, 5.41) is 10.2. The van der Waals surface area contributed by atoms with E-state index >= 15 is 0 Å². The van der Waals surface area contributed by atoms with Crippen molar-refractivity contribution < 1.29 is 14.3 Å². The fourth-order valence-corrected chi connectivity index (χ4v) is 5.90. The van der Waals surface area contributed by atoms with Crippen LogP contribution in [0, 0.1) is 5.92 Å². The number of carbonyl (C=O) groups is 2. The maximum atomic E-state index is 13.9. The average molecular weight is 609 g/mol. The van der Waals surface area contributed by atoms with Gasteiger partial charge in [-0.05, 0) is 63.8 Å². The highest BCUT2D eigenvalue weighted by atomic mass is 35.5. The van der Waals surface area contributed by atoms with Gasteiger partial charge in [-0.25, -0.2) is 0 Å². The highest BCUT2D eigenvalue weighted by molar-refractivity contribution is 5.85. The number of piperidine rings is 1. The summed E-state index contributed by atoms with van der Waals surface area (Å²) in [5.74, 6) is 0.783. The summed E-state index contributed by atoms with van der Waals surface area (Å²) in [4.78, 5) is 33.2. The molecule has 5 rings (SSSR count). The molecule has 0 spiro atoms. The van der Waals surface area contributed by atoms with E-state index in [0.717, 1.165) is 54.9 Å². The normalized spacial score (nSPS) is 17.4. The lowest BCUT2D eigenvalue weighted by molar-refractivity contribution is -0.146. The molecule has 0 radical (unpaired) electrons. The minimum Gasteiger partial charge on any atom is -0.478 e. The molecule has 3 aromatic rings. The molecule has 2 aliphatic heterocycles. The fraction of sp³-hybridized carbons (Fsp3) is 0.485. The first-order chi connectivity index (χ1) is 20.2. The van der Waals surface area contributed by atoms with Crippen molar-refractivity contribution in [3.63, 3.8) is 0 Å². The molecule has 2 fully saturated rings. The second-order valence-electron chi connectivity index (χ2n) is 12.2. The third-order valence-electron chi connectivity index (χ3n) is 8.29. The van der Waals surface area contributed by atoms with Crippen molar-refractivity contribution in [2.24, 2.45) is 5.92 Å². The van der Waals surface area contributed by atoms with Crippen LogP contribution < -0.4 is 15.0 Å². The average Bonchev–Trinajstić information content (AvgIpc) is 3.55. The van der Waals surface area contributed by atoms with Crippen LogP contribution in [0.15, 0.2) is 60.9 Å². The van der Waals surface area contributed by atoms with E-state index in [1.165, 1.54) is 0 Å². The molecular formula is C33H45ClN6O3. The van der Waals surface area contributed by atoms with Gasteiger partial charge in [0.1, 0.15) is 5.75 Å². The Hall–Kier alpha value is -3.56. The molecule has 0 aliphatic carbocycles. The molecule has 9 nitrogen and oxygen atoms in total. The van der Waals surface area contributed by atoms with Gasteiger partial charge in [-0.15, -0.1) is 12.4 Å². The highest BCUT2D eigenvalue weighted by Crippen LogP contribution is 2.30. The molecular weight excluding hydrogens is 564 g/mol. The number of amides is 2. The number of piperazine rings is 1. The molecule has 232 valence electrons. The van der Waals surface area contributed by atoms with E-state index in [9.17, 15) is 9.59 Å². The van der Waals surface area contributed by atoms with Crippen LogP contribution in [0.4, 0.5) is 5.69 Å². The van der Waals surface area contributed by atoms with Gasteiger partial charge in [0.25, 0.3) is 5.91 Å². The molecule has 1 atom stereocenters. The molecule has 0 bridgehead atoms. The van der Waals surface area contributed by atoms with Crippen LogP contribution in [-0.2, 0) is 16.1 Å². The lowest BCUT2D eigenvalue weighted by Crippen LogP contribution is -2.54. The van der Waals surface area contributed by atoms with E-state index in [2.05, 4.69) is 64.6 Å². The minimum absolute atomic E-state index is 0. The summed E-state index contributed by atoms with van der Waals surface area (Å²) in [6.45, 7) is 13.0. The summed E-state index contributed by atoms with van der Waals surface area (Å²) >= 11 is 0. The van der Waals surface area contributed by atoms with Crippen molar-refractivity contribution in [3.05, 3.63) is 66.5 Å². The number of nitrogens with zero attached hydrogens (tertiary/aromatic N) is 4. The van der Waals surface area contributed by atoms with Gasteiger partial charge >= 0.3 is 0 Å². The molecule has 3 heterocycles. The third-order valence-corrected chi connectivity index (χ3v) is 8.29. The van der Waals surface area contributed by atoms with Gasteiger partial charge in [0.2, 0.25) is 5.91 Å². The topological polar surface area (TPSA) is 93.8 Å². The standard InChI is InChI=1S/C33H44N6O3.ClH/c1-24(2)39(22-25-10-12-26(13-11-25)28-20-35-36-21-28)31(40)27-7-6-16-38(23-27)29-8-5-9-30(19-29)42-33(3,4)32(41)37-17-14-34-15-18-37;/h5,8-13,19-21,24,27,34H,6-7,14-18,22-23H2,1-4H3,(H,35,36);1H/t27-;/m0./s1. The van der Waals surface area contributed by atoms with Crippen LogP contribution in [0.3, 0.4) is 0 Å². The van der Waals surface area contributed by atoms with Crippen LogP contribution in [0.5, 0.6) is 5.75 Å². The Kier molecular flexibility index (Phi) is 10.7. The Morgan fingerprint density at radius 3 is 2.49 bits per heavy atom. The van der Waals surface area contributed by atoms with E-state index in [-0.39, 0.29) is 36.2 Å². The number of aromatic amines is 1. The first-order valence-corrected chi connectivity index (χ1v) is 15.1. The third kappa shape index (κ3) is 7.89. The molecule has 2 aliphatic rings. The van der Waals surface area contributed by atoms with Crippen LogP contribution >= 0.6 is 12.4 Å². The number of H-pyrrole nitrogens is 1. The van der Waals surface area contributed by atoms with E-state index in [1.54, 1.807) is 0 Å². The van der Waals surface area contributed by atoms with Gasteiger partial charge in [-0.2, -0.15) is 5.10 Å². The van der Waals surface area contributed by atoms with Crippen molar-refractivity contribution in [3.8, 4) is 16.9 Å². The first kappa shape index (κ1) is 32.4. The van der Waals surface area contributed by atoms with Crippen LogP contribution in [0.2, 0.25) is 0 Å². The zero-order valence-corrected chi connectivity index (χ0v) is 26.5. The Labute approximate surface area is 261 Å². The van der Waals surface area contributed by atoms with Crippen molar-refractivity contribution in [2.75, 3.05) is 44.2 Å². The highest BCUT2D eigenvalue weighted by Gasteiger charge is 2.35. The van der Waals surface area contributed by atoms with E-state index < -0.39 is 5.60 Å². The number of aromatic nitrogens is 2. The Morgan fingerprint density at radius 2 is 1.81 bits per heavy atom. The summed E-state index contributed by atoms with van der Waals surface area (Å²) in [7, 11) is 0. The van der Waals surface area contributed by atoms with Gasteiger partial charge in [-0.1, -0.05) is 30.3 Å². The van der Waals surface area contributed by atoms with Crippen molar-refractivity contribution in [2.45, 2.75) is 58.7 Å². The molecule has 2 amide bonds. The fourth-order valence-electron chi connectivity index (χ4n) is 5.90. The molecule has 2 saturated heterocycles. The number of carbonyl (C=O) groups excluding carboxylic acids is 2. The molecule has 0 unspecified atom stereocenters. The largest absolute Gasteiger partial charge is 0.478 e. The number of benzene rings is 2. The number of ether oxygens (including phenoxy) is 1. The number of halogens is 1. The van der Waals surface area contributed by atoms with Gasteiger partial charge in [0, 0.05) is 75.4 Å². The summed E-state index contributed by atoms with van der Waals surface area (Å²) in [5.41, 5.74) is 3.30.